The van der Waals surface area contributed by atoms with Gasteiger partial charge in [-0.05, 0) is 51.0 Å². The fourth-order valence-electron chi connectivity index (χ4n) is 3.14. The Labute approximate surface area is 111 Å². The zero-order valence-electron chi connectivity index (χ0n) is 12.2. The van der Waals surface area contributed by atoms with Gasteiger partial charge >= 0.3 is 0 Å². The minimum absolute atomic E-state index is 0.474. The van der Waals surface area contributed by atoms with Crippen LogP contribution < -0.4 is 5.32 Å². The molecule has 1 atom stereocenters. The first kappa shape index (κ1) is 13.6. The van der Waals surface area contributed by atoms with Crippen molar-refractivity contribution in [3.63, 3.8) is 0 Å². The highest BCUT2D eigenvalue weighted by molar-refractivity contribution is 5.12. The van der Waals surface area contributed by atoms with Crippen LogP contribution >= 0.6 is 0 Å². The van der Waals surface area contributed by atoms with Gasteiger partial charge in [-0.15, -0.1) is 0 Å². The molecule has 1 aromatic rings. The Balaban J connectivity index is 2.05. The van der Waals surface area contributed by atoms with Gasteiger partial charge in [0.15, 0.2) is 0 Å². The smallest absolute Gasteiger partial charge is 0.0537 e. The molecule has 0 aromatic carbocycles. The highest BCUT2D eigenvalue weighted by Crippen LogP contribution is 2.42. The van der Waals surface area contributed by atoms with Crippen LogP contribution in [0, 0.1) is 11.3 Å². The number of hydrogen-bond acceptors (Lipinski definition) is 2. The molecule has 1 saturated carbocycles. The van der Waals surface area contributed by atoms with Crippen molar-refractivity contribution in [2.75, 3.05) is 7.05 Å². The van der Waals surface area contributed by atoms with E-state index in [1.165, 1.54) is 31.2 Å². The molecule has 0 bridgehead atoms. The first-order valence-corrected chi connectivity index (χ1v) is 7.25. The van der Waals surface area contributed by atoms with Crippen molar-refractivity contribution < 1.29 is 0 Å². The molecule has 0 amide bonds. The van der Waals surface area contributed by atoms with Gasteiger partial charge < -0.3 is 5.32 Å². The number of rotatable bonds is 4. The van der Waals surface area contributed by atoms with Crippen LogP contribution in [0.5, 0.6) is 0 Å². The average molecular weight is 249 g/mol. The maximum atomic E-state index is 4.40. The van der Waals surface area contributed by atoms with Crippen molar-refractivity contribution in [2.45, 2.75) is 59.0 Å². The van der Waals surface area contributed by atoms with E-state index in [0.717, 1.165) is 12.5 Å². The number of nitrogens with one attached hydrogen (secondary N) is 1. The third-order valence-electron chi connectivity index (χ3n) is 4.50. The monoisotopic (exact) mass is 249 g/mol. The van der Waals surface area contributed by atoms with Gasteiger partial charge in [0.25, 0.3) is 0 Å². The van der Waals surface area contributed by atoms with Crippen LogP contribution in [0.2, 0.25) is 0 Å². The normalized spacial score (nSPS) is 22.0. The van der Waals surface area contributed by atoms with Crippen LogP contribution in [0.3, 0.4) is 0 Å². The largest absolute Gasteiger partial charge is 0.313 e. The third kappa shape index (κ3) is 2.94. The summed E-state index contributed by atoms with van der Waals surface area (Å²) in [6.07, 6.45) is 9.58. The van der Waals surface area contributed by atoms with E-state index in [2.05, 4.69) is 44.4 Å². The second-order valence-corrected chi connectivity index (χ2v) is 6.40. The van der Waals surface area contributed by atoms with E-state index in [4.69, 9.17) is 0 Å². The van der Waals surface area contributed by atoms with E-state index in [-0.39, 0.29) is 0 Å². The number of hydrogen-bond donors (Lipinski definition) is 1. The maximum Gasteiger partial charge on any atom is 0.0537 e. The molecule has 1 aliphatic rings. The summed E-state index contributed by atoms with van der Waals surface area (Å²) in [6, 6.07) is 0.474. The van der Waals surface area contributed by atoms with Crippen LogP contribution in [0.15, 0.2) is 12.4 Å². The summed E-state index contributed by atoms with van der Waals surface area (Å²) in [5, 5.41) is 7.90. The van der Waals surface area contributed by atoms with Gasteiger partial charge in [-0.25, -0.2) is 0 Å². The predicted molar refractivity (Wildman–Crippen MR) is 75.4 cm³/mol. The minimum atomic E-state index is 0.474. The van der Waals surface area contributed by atoms with Crippen LogP contribution in [-0.4, -0.2) is 16.8 Å². The molecule has 0 aliphatic heterocycles. The van der Waals surface area contributed by atoms with Gasteiger partial charge in [0, 0.05) is 24.3 Å². The molecular weight excluding hydrogens is 222 g/mol. The second kappa shape index (κ2) is 5.43. The molecule has 1 N–H and O–H groups in total. The summed E-state index contributed by atoms with van der Waals surface area (Å²) >= 11 is 0. The van der Waals surface area contributed by atoms with E-state index < -0.39 is 0 Å². The van der Waals surface area contributed by atoms with Gasteiger partial charge in [-0.1, -0.05) is 13.8 Å². The highest BCUT2D eigenvalue weighted by atomic mass is 15.3. The van der Waals surface area contributed by atoms with Crippen LogP contribution in [0.25, 0.3) is 0 Å². The van der Waals surface area contributed by atoms with Crippen LogP contribution in [0.4, 0.5) is 0 Å². The summed E-state index contributed by atoms with van der Waals surface area (Å²) in [4.78, 5) is 0. The minimum Gasteiger partial charge on any atom is -0.313 e. The van der Waals surface area contributed by atoms with Gasteiger partial charge in [-0.2, -0.15) is 5.10 Å². The predicted octanol–water partition coefficient (Wildman–Crippen LogP) is 3.38. The van der Waals surface area contributed by atoms with Crippen molar-refractivity contribution in [1.82, 2.24) is 15.1 Å². The molecule has 1 fully saturated rings. The standard InChI is InChI=1S/C15H27N3/c1-5-18-11-13(10-17-18)14(16-4)12-6-8-15(2,3)9-7-12/h10-12,14,16H,5-9H2,1-4H3. The summed E-state index contributed by atoms with van der Waals surface area (Å²) in [7, 11) is 2.08. The molecule has 3 nitrogen and oxygen atoms in total. The SMILES string of the molecule is CCn1cc(C(NC)C2CCC(C)(C)CC2)cn1. The molecule has 1 unspecified atom stereocenters. The van der Waals surface area contributed by atoms with Crippen molar-refractivity contribution >= 4 is 0 Å². The Bertz CT molecular complexity index is 371. The van der Waals surface area contributed by atoms with E-state index in [9.17, 15) is 0 Å². The maximum absolute atomic E-state index is 4.40. The van der Waals surface area contributed by atoms with Gasteiger partial charge in [-0.3, -0.25) is 4.68 Å². The molecule has 18 heavy (non-hydrogen) atoms. The zero-order valence-corrected chi connectivity index (χ0v) is 12.2. The van der Waals surface area contributed by atoms with E-state index in [1.807, 2.05) is 10.9 Å². The molecule has 3 heteroatoms. The van der Waals surface area contributed by atoms with Crippen molar-refractivity contribution in [2.24, 2.45) is 11.3 Å². The summed E-state index contributed by atoms with van der Waals surface area (Å²) in [6.45, 7) is 7.88. The third-order valence-corrected chi connectivity index (χ3v) is 4.50. The lowest BCUT2D eigenvalue weighted by Crippen LogP contribution is -2.30. The lowest BCUT2D eigenvalue weighted by atomic mass is 9.70. The van der Waals surface area contributed by atoms with Gasteiger partial charge in [0.05, 0.1) is 6.20 Å². The first-order chi connectivity index (χ1) is 8.55. The second-order valence-electron chi connectivity index (χ2n) is 6.40. The molecule has 2 rings (SSSR count). The molecule has 1 heterocycles. The summed E-state index contributed by atoms with van der Waals surface area (Å²) < 4.78 is 2.02. The molecule has 102 valence electrons. The van der Waals surface area contributed by atoms with Crippen molar-refractivity contribution in [3.8, 4) is 0 Å². The van der Waals surface area contributed by atoms with Crippen molar-refractivity contribution in [1.29, 1.82) is 0 Å². The molecular formula is C15H27N3. The lowest BCUT2D eigenvalue weighted by Gasteiger charge is -2.37. The highest BCUT2D eigenvalue weighted by Gasteiger charge is 2.31. The Kier molecular flexibility index (Phi) is 4.10. The van der Waals surface area contributed by atoms with Gasteiger partial charge in [0.2, 0.25) is 0 Å². The lowest BCUT2D eigenvalue weighted by molar-refractivity contribution is 0.164. The molecule has 0 saturated heterocycles. The van der Waals surface area contributed by atoms with Gasteiger partial charge in [0.1, 0.15) is 0 Å². The Morgan fingerprint density at radius 2 is 2.11 bits per heavy atom. The average Bonchev–Trinajstić information content (AvgIpc) is 2.81. The molecule has 0 spiro atoms. The quantitative estimate of drug-likeness (QED) is 0.886. The zero-order chi connectivity index (χ0) is 13.2. The van der Waals surface area contributed by atoms with E-state index in [1.54, 1.807) is 0 Å². The first-order valence-electron chi connectivity index (χ1n) is 7.25. The molecule has 1 aromatic heterocycles. The van der Waals surface area contributed by atoms with E-state index in [0.29, 0.717) is 11.5 Å². The molecule has 1 aliphatic carbocycles. The topological polar surface area (TPSA) is 29.9 Å². The summed E-state index contributed by atoms with van der Waals surface area (Å²) in [5.74, 6) is 0.762. The van der Waals surface area contributed by atoms with Crippen molar-refractivity contribution in [3.05, 3.63) is 18.0 Å². The fourth-order valence-corrected chi connectivity index (χ4v) is 3.14. The van der Waals surface area contributed by atoms with Crippen LogP contribution in [0.1, 0.15) is 58.1 Å². The summed E-state index contributed by atoms with van der Waals surface area (Å²) in [5.41, 5.74) is 1.90. The number of aromatic nitrogens is 2. The fraction of sp³-hybridized carbons (Fsp3) is 0.800. The number of nitrogens with zero attached hydrogens (tertiary/aromatic N) is 2. The number of aryl methyl sites for hydroxylation is 1. The molecule has 0 radical (unpaired) electrons. The van der Waals surface area contributed by atoms with E-state index >= 15 is 0 Å². The Morgan fingerprint density at radius 1 is 1.44 bits per heavy atom. The van der Waals surface area contributed by atoms with Crippen LogP contribution in [-0.2, 0) is 6.54 Å². The Hall–Kier alpha value is -0.830. The Morgan fingerprint density at radius 3 is 2.61 bits per heavy atom.